The van der Waals surface area contributed by atoms with E-state index in [-0.39, 0.29) is 27.7 Å². The summed E-state index contributed by atoms with van der Waals surface area (Å²) in [4.78, 5) is 45.7. The summed E-state index contributed by atoms with van der Waals surface area (Å²) in [6.45, 7) is 0. The highest BCUT2D eigenvalue weighted by Crippen LogP contribution is 2.38. The molecule has 2 aliphatic rings. The van der Waals surface area contributed by atoms with Crippen molar-refractivity contribution in [1.29, 1.82) is 0 Å². The Hall–Kier alpha value is -4.06. The zero-order chi connectivity index (χ0) is 25.5. The van der Waals surface area contributed by atoms with Crippen molar-refractivity contribution in [2.45, 2.75) is 6.18 Å². The van der Waals surface area contributed by atoms with Crippen molar-refractivity contribution < 1.29 is 27.6 Å². The maximum absolute atomic E-state index is 14.1. The number of aromatic nitrogens is 3. The van der Waals surface area contributed by atoms with Crippen molar-refractivity contribution in [2.75, 3.05) is 19.4 Å². The number of aliphatic imine (C=N–C) groups is 1. The summed E-state index contributed by atoms with van der Waals surface area (Å²) in [7, 11) is 3.00. The molecule has 13 heteroatoms. The van der Waals surface area contributed by atoms with Gasteiger partial charge in [-0.1, -0.05) is 23.8 Å². The van der Waals surface area contributed by atoms with Crippen molar-refractivity contribution in [3.8, 4) is 0 Å². The number of alkyl halides is 3. The lowest BCUT2D eigenvalue weighted by Crippen LogP contribution is -2.25. The summed E-state index contributed by atoms with van der Waals surface area (Å²) >= 11 is 6.07. The number of rotatable bonds is 4. The van der Waals surface area contributed by atoms with E-state index in [0.29, 0.717) is 4.68 Å². The first kappa shape index (κ1) is 24.1. The van der Waals surface area contributed by atoms with Gasteiger partial charge in [0, 0.05) is 20.3 Å². The number of pyridine rings is 1. The van der Waals surface area contributed by atoms with E-state index in [2.05, 4.69) is 20.4 Å². The molecule has 3 heterocycles. The number of amides is 3. The van der Waals surface area contributed by atoms with E-state index in [1.54, 1.807) is 0 Å². The first-order valence-electron chi connectivity index (χ1n) is 10.00. The minimum absolute atomic E-state index is 0.0142. The molecule has 0 radical (unpaired) electrons. The van der Waals surface area contributed by atoms with Crippen molar-refractivity contribution >= 4 is 46.9 Å². The van der Waals surface area contributed by atoms with E-state index in [9.17, 15) is 27.6 Å². The lowest BCUT2D eigenvalue weighted by Gasteiger charge is -2.23. The van der Waals surface area contributed by atoms with Gasteiger partial charge in [-0.15, -0.1) is 0 Å². The maximum atomic E-state index is 14.1. The molecular weight excluding hydrogens is 489 g/mol. The lowest BCUT2D eigenvalue weighted by molar-refractivity contribution is -0.143. The van der Waals surface area contributed by atoms with Gasteiger partial charge in [0.15, 0.2) is 5.69 Å². The van der Waals surface area contributed by atoms with Gasteiger partial charge in [0.25, 0.3) is 17.7 Å². The molecule has 3 amide bonds. The van der Waals surface area contributed by atoms with Crippen LogP contribution in [0.15, 0.2) is 53.3 Å². The second-order valence-corrected chi connectivity index (χ2v) is 8.08. The molecule has 1 atom stereocenters. The van der Waals surface area contributed by atoms with Gasteiger partial charge in [-0.25, -0.2) is 14.7 Å². The van der Waals surface area contributed by atoms with Crippen LogP contribution in [0.5, 0.6) is 0 Å². The Kier molecular flexibility index (Phi) is 6.15. The molecule has 0 saturated carbocycles. The zero-order valence-electron chi connectivity index (χ0n) is 18.2. The highest BCUT2D eigenvalue weighted by Gasteiger charge is 2.42. The molecule has 35 heavy (non-hydrogen) atoms. The van der Waals surface area contributed by atoms with Crippen LogP contribution >= 0.6 is 11.6 Å². The normalized spacial score (nSPS) is 17.0. The molecule has 180 valence electrons. The minimum atomic E-state index is -4.97. The average Bonchev–Trinajstić information content (AvgIpc) is 3.24. The zero-order valence-corrected chi connectivity index (χ0v) is 18.9. The Morgan fingerprint density at radius 3 is 2.60 bits per heavy atom. The van der Waals surface area contributed by atoms with Crippen LogP contribution in [0, 0.1) is 5.92 Å². The third-order valence-electron chi connectivity index (χ3n) is 5.13. The number of anilines is 1. The first-order valence-corrected chi connectivity index (χ1v) is 10.4. The fourth-order valence-electron chi connectivity index (χ4n) is 3.53. The fourth-order valence-corrected chi connectivity index (χ4v) is 3.78. The fraction of sp³-hybridized carbons (Fsp3) is 0.182. The van der Waals surface area contributed by atoms with Crippen molar-refractivity contribution in [3.05, 3.63) is 70.3 Å². The number of dihydropyridines is 1. The molecule has 1 unspecified atom stereocenters. The van der Waals surface area contributed by atoms with Crippen LogP contribution in [0.4, 0.5) is 18.9 Å². The first-order chi connectivity index (χ1) is 16.5. The monoisotopic (exact) mass is 504 g/mol. The number of nitrogens with zero attached hydrogens (tertiary/aromatic N) is 5. The maximum Gasteiger partial charge on any atom is 0.434 e. The number of carbonyl (C=O) groups is 3. The Bertz CT molecular complexity index is 1370. The molecule has 0 aromatic carbocycles. The van der Waals surface area contributed by atoms with Gasteiger partial charge in [0.2, 0.25) is 0 Å². The molecule has 1 aliphatic carbocycles. The Labute approximate surface area is 201 Å². The van der Waals surface area contributed by atoms with Crippen LogP contribution in [-0.4, -0.2) is 57.7 Å². The van der Waals surface area contributed by atoms with Crippen LogP contribution in [0.25, 0.3) is 5.70 Å². The number of fused-ring (bicyclic) bond motifs is 1. The van der Waals surface area contributed by atoms with Gasteiger partial charge in [0.1, 0.15) is 5.69 Å². The molecule has 2 aromatic rings. The van der Waals surface area contributed by atoms with Gasteiger partial charge in [-0.05, 0) is 23.8 Å². The van der Waals surface area contributed by atoms with E-state index >= 15 is 0 Å². The number of allylic oxidation sites excluding steroid dienone is 4. The topological polar surface area (TPSA) is 110 Å². The van der Waals surface area contributed by atoms with Crippen molar-refractivity contribution in [1.82, 2.24) is 19.7 Å². The minimum Gasteiger partial charge on any atom is -0.343 e. The third kappa shape index (κ3) is 4.52. The van der Waals surface area contributed by atoms with Crippen LogP contribution in [0.2, 0.25) is 5.02 Å². The van der Waals surface area contributed by atoms with E-state index < -0.39 is 41.1 Å². The Balaban J connectivity index is 1.69. The van der Waals surface area contributed by atoms with E-state index in [0.717, 1.165) is 12.4 Å². The molecule has 1 aliphatic heterocycles. The van der Waals surface area contributed by atoms with Crippen molar-refractivity contribution in [3.63, 3.8) is 0 Å². The average molecular weight is 505 g/mol. The highest BCUT2D eigenvalue weighted by molar-refractivity contribution is 6.33. The highest BCUT2D eigenvalue weighted by atomic mass is 35.5. The van der Waals surface area contributed by atoms with Gasteiger partial charge in [-0.3, -0.25) is 14.4 Å². The summed E-state index contributed by atoms with van der Waals surface area (Å²) in [5, 5.41) is 6.01. The van der Waals surface area contributed by atoms with Crippen LogP contribution < -0.4 is 5.32 Å². The predicted molar refractivity (Wildman–Crippen MR) is 121 cm³/mol. The summed E-state index contributed by atoms with van der Waals surface area (Å²) in [5.41, 5.74) is -1.93. The molecule has 0 fully saturated rings. The molecule has 0 spiro atoms. The molecular formula is C22H16ClF3N6O3. The quantitative estimate of drug-likeness (QED) is 0.685. The van der Waals surface area contributed by atoms with E-state index in [4.69, 9.17) is 11.6 Å². The number of hydrogen-bond acceptors (Lipinski definition) is 5. The lowest BCUT2D eigenvalue weighted by atomic mass is 9.89. The molecule has 2 aromatic heterocycles. The SMILES string of the molecule is CN(C)C(=O)c1ncc(NC(=O)c2cnn(C3=CC=CC4C(=O)N=CC=C34)c2C(F)(F)F)cc1Cl. The van der Waals surface area contributed by atoms with Crippen LogP contribution in [0.3, 0.4) is 0 Å². The van der Waals surface area contributed by atoms with Gasteiger partial charge >= 0.3 is 6.18 Å². The summed E-state index contributed by atoms with van der Waals surface area (Å²) in [6.07, 6.45) is 3.86. The number of halogens is 4. The predicted octanol–water partition coefficient (Wildman–Crippen LogP) is 3.47. The summed E-state index contributed by atoms with van der Waals surface area (Å²) in [5.74, 6) is -2.98. The van der Waals surface area contributed by atoms with Gasteiger partial charge < -0.3 is 10.2 Å². The third-order valence-corrected chi connectivity index (χ3v) is 5.42. The number of nitrogens with one attached hydrogen (secondary N) is 1. The number of carbonyl (C=O) groups excluding carboxylic acids is 3. The Morgan fingerprint density at radius 1 is 1.20 bits per heavy atom. The van der Waals surface area contributed by atoms with Crippen LogP contribution in [0.1, 0.15) is 26.5 Å². The molecule has 0 saturated heterocycles. The smallest absolute Gasteiger partial charge is 0.343 e. The second-order valence-electron chi connectivity index (χ2n) is 7.68. The summed E-state index contributed by atoms with van der Waals surface area (Å²) in [6, 6.07) is 1.21. The largest absolute Gasteiger partial charge is 0.434 e. The van der Waals surface area contributed by atoms with Gasteiger partial charge in [0.05, 0.1) is 40.3 Å². The Morgan fingerprint density at radius 2 is 1.94 bits per heavy atom. The standard InChI is InChI=1S/C22H16ClF3N6O3/c1-31(2)21(35)17-15(23)8-11(9-28-17)30-20(34)14-10-29-32(18(14)22(24,25)26)16-5-3-4-13-12(16)6-7-27-19(13)33/h3-10,13H,1-2H3,(H,30,34). The number of hydrogen-bond donors (Lipinski definition) is 1. The van der Waals surface area contributed by atoms with Crippen molar-refractivity contribution in [2.24, 2.45) is 10.9 Å². The molecule has 9 nitrogen and oxygen atoms in total. The van der Waals surface area contributed by atoms with Gasteiger partial charge in [-0.2, -0.15) is 18.3 Å². The van der Waals surface area contributed by atoms with E-state index in [1.165, 1.54) is 55.6 Å². The molecule has 1 N–H and O–H groups in total. The summed E-state index contributed by atoms with van der Waals surface area (Å²) < 4.78 is 42.9. The van der Waals surface area contributed by atoms with E-state index in [1.807, 2.05) is 0 Å². The van der Waals surface area contributed by atoms with Crippen LogP contribution in [-0.2, 0) is 11.0 Å². The molecule has 0 bridgehead atoms. The molecule has 4 rings (SSSR count). The second kappa shape index (κ2) is 8.95.